The third-order valence-electron chi connectivity index (χ3n) is 6.82. The maximum atomic E-state index is 12.4. The molecule has 2 amide bonds. The molecule has 0 bridgehead atoms. The van der Waals surface area contributed by atoms with Crippen molar-refractivity contribution in [3.8, 4) is 0 Å². The predicted octanol–water partition coefficient (Wildman–Crippen LogP) is 2.04. The Morgan fingerprint density at radius 1 is 1.03 bits per heavy atom. The zero-order chi connectivity index (χ0) is 21.3. The van der Waals surface area contributed by atoms with Gasteiger partial charge < -0.3 is 21.1 Å². The number of carbonyl (C=O) groups is 3. The highest BCUT2D eigenvalue weighted by Crippen LogP contribution is 2.35. The summed E-state index contributed by atoms with van der Waals surface area (Å²) in [6.07, 6.45) is 6.36. The molecular formula is C22H30N4O4. The molecule has 0 unspecified atom stereocenters. The van der Waals surface area contributed by atoms with E-state index < -0.39 is 11.5 Å². The molecule has 1 saturated carbocycles. The minimum atomic E-state index is -1.07. The molecule has 162 valence electrons. The summed E-state index contributed by atoms with van der Waals surface area (Å²) in [5, 5.41) is 12.4. The summed E-state index contributed by atoms with van der Waals surface area (Å²) in [6, 6.07) is 5.12. The number of carboxylic acids is 1. The van der Waals surface area contributed by atoms with Crippen LogP contribution < -0.4 is 16.0 Å². The zero-order valence-electron chi connectivity index (χ0n) is 17.2. The molecule has 0 atom stereocenters. The van der Waals surface area contributed by atoms with Crippen molar-refractivity contribution in [3.05, 3.63) is 23.8 Å². The van der Waals surface area contributed by atoms with E-state index in [1.165, 1.54) is 6.42 Å². The van der Waals surface area contributed by atoms with Crippen LogP contribution in [0.25, 0.3) is 0 Å². The number of piperidine rings is 2. The number of anilines is 2. The maximum absolute atomic E-state index is 12.4. The van der Waals surface area contributed by atoms with Crippen LogP contribution in [-0.4, -0.2) is 59.5 Å². The summed E-state index contributed by atoms with van der Waals surface area (Å²) in [4.78, 5) is 40.6. The van der Waals surface area contributed by atoms with Gasteiger partial charge in [0.2, 0.25) is 11.8 Å². The number of nitrogens with one attached hydrogen (secondary N) is 1. The lowest BCUT2D eigenvalue weighted by molar-refractivity contribution is -0.132. The van der Waals surface area contributed by atoms with E-state index in [0.717, 1.165) is 44.5 Å². The molecule has 4 rings (SSSR count). The van der Waals surface area contributed by atoms with Crippen LogP contribution in [0.4, 0.5) is 11.4 Å². The van der Waals surface area contributed by atoms with Crippen LogP contribution in [0.5, 0.6) is 0 Å². The van der Waals surface area contributed by atoms with Gasteiger partial charge in [0.25, 0.3) is 0 Å². The second kappa shape index (κ2) is 8.26. The SMILES string of the molecule is NC(=O)C1(N2CCCCC2)CCN(c2ccc(NC(=O)C3CC3)c(C(=O)O)c2)CC1. The molecule has 0 aromatic heterocycles. The van der Waals surface area contributed by atoms with Crippen molar-refractivity contribution in [2.45, 2.75) is 50.5 Å². The first kappa shape index (κ1) is 20.7. The Hall–Kier alpha value is -2.61. The van der Waals surface area contributed by atoms with Crippen LogP contribution in [-0.2, 0) is 9.59 Å². The summed E-state index contributed by atoms with van der Waals surface area (Å²) in [7, 11) is 0. The molecule has 2 aliphatic heterocycles. The zero-order valence-corrected chi connectivity index (χ0v) is 17.2. The number of aromatic carboxylic acids is 1. The minimum Gasteiger partial charge on any atom is -0.478 e. The number of benzene rings is 1. The van der Waals surface area contributed by atoms with E-state index in [-0.39, 0.29) is 23.3 Å². The Balaban J connectivity index is 1.49. The van der Waals surface area contributed by atoms with Gasteiger partial charge in [0.05, 0.1) is 11.3 Å². The van der Waals surface area contributed by atoms with Crippen LogP contribution in [0.15, 0.2) is 18.2 Å². The number of likely N-dealkylation sites (tertiary alicyclic amines) is 1. The van der Waals surface area contributed by atoms with E-state index in [1.54, 1.807) is 12.1 Å². The lowest BCUT2D eigenvalue weighted by Gasteiger charge is -2.48. The van der Waals surface area contributed by atoms with E-state index >= 15 is 0 Å². The van der Waals surface area contributed by atoms with E-state index in [0.29, 0.717) is 31.6 Å². The lowest BCUT2D eigenvalue weighted by Crippen LogP contribution is -2.63. The highest BCUT2D eigenvalue weighted by atomic mass is 16.4. The van der Waals surface area contributed by atoms with Gasteiger partial charge >= 0.3 is 5.97 Å². The van der Waals surface area contributed by atoms with E-state index in [1.807, 2.05) is 6.07 Å². The summed E-state index contributed by atoms with van der Waals surface area (Å²) in [5.41, 5.74) is 6.46. The Morgan fingerprint density at radius 3 is 2.27 bits per heavy atom. The van der Waals surface area contributed by atoms with E-state index in [9.17, 15) is 19.5 Å². The van der Waals surface area contributed by atoms with Crippen molar-refractivity contribution >= 4 is 29.2 Å². The standard InChI is InChI=1S/C22H30N4O4/c23-21(30)22(26-10-2-1-3-11-26)8-12-25(13-9-22)16-6-7-18(17(14-16)20(28)29)24-19(27)15-4-5-15/h6-7,14-15H,1-5,8-13H2,(H2,23,30)(H,24,27)(H,28,29). The molecule has 1 aliphatic carbocycles. The van der Waals surface area contributed by atoms with Gasteiger partial charge in [-0.05, 0) is 69.8 Å². The number of amides is 2. The Bertz CT molecular complexity index is 838. The van der Waals surface area contributed by atoms with Crippen LogP contribution in [0.3, 0.4) is 0 Å². The summed E-state index contributed by atoms with van der Waals surface area (Å²) in [6.45, 7) is 3.07. The van der Waals surface area contributed by atoms with Gasteiger partial charge in [0.1, 0.15) is 5.54 Å². The topological polar surface area (TPSA) is 116 Å². The average Bonchev–Trinajstić information content (AvgIpc) is 3.60. The van der Waals surface area contributed by atoms with Gasteiger partial charge in [-0.3, -0.25) is 14.5 Å². The van der Waals surface area contributed by atoms with Crippen molar-refractivity contribution < 1.29 is 19.5 Å². The number of hydrogen-bond acceptors (Lipinski definition) is 5. The van der Waals surface area contributed by atoms with E-state index in [2.05, 4.69) is 15.1 Å². The molecule has 4 N–H and O–H groups in total. The maximum Gasteiger partial charge on any atom is 0.337 e. The Labute approximate surface area is 176 Å². The number of hydrogen-bond donors (Lipinski definition) is 3. The van der Waals surface area contributed by atoms with Gasteiger partial charge in [-0.15, -0.1) is 0 Å². The minimum absolute atomic E-state index is 0.00475. The number of carboxylic acid groups (broad SMARTS) is 1. The molecule has 3 aliphatic rings. The number of primary amides is 1. The van der Waals surface area contributed by atoms with Gasteiger partial charge in [0.15, 0.2) is 0 Å². The normalized spacial score (nSPS) is 21.8. The van der Waals surface area contributed by atoms with Gasteiger partial charge in [-0.2, -0.15) is 0 Å². The first-order valence-electron chi connectivity index (χ1n) is 10.9. The third-order valence-corrected chi connectivity index (χ3v) is 6.82. The molecule has 8 heteroatoms. The predicted molar refractivity (Wildman–Crippen MR) is 114 cm³/mol. The van der Waals surface area contributed by atoms with Gasteiger partial charge in [-0.1, -0.05) is 6.42 Å². The molecule has 8 nitrogen and oxygen atoms in total. The lowest BCUT2D eigenvalue weighted by atomic mass is 9.83. The Kier molecular flexibility index (Phi) is 5.69. The van der Waals surface area contributed by atoms with Gasteiger partial charge in [-0.25, -0.2) is 4.79 Å². The van der Waals surface area contributed by atoms with Crippen molar-refractivity contribution in [1.29, 1.82) is 0 Å². The highest BCUT2D eigenvalue weighted by Gasteiger charge is 2.45. The molecule has 1 aromatic carbocycles. The Morgan fingerprint density at radius 2 is 1.70 bits per heavy atom. The third kappa shape index (κ3) is 4.01. The van der Waals surface area contributed by atoms with Crippen molar-refractivity contribution in [1.82, 2.24) is 4.90 Å². The first-order valence-corrected chi connectivity index (χ1v) is 10.9. The van der Waals surface area contributed by atoms with Crippen LogP contribution in [0.2, 0.25) is 0 Å². The second-order valence-electron chi connectivity index (χ2n) is 8.73. The molecule has 2 saturated heterocycles. The summed E-state index contributed by atoms with van der Waals surface area (Å²) >= 11 is 0. The number of nitrogens with zero attached hydrogens (tertiary/aromatic N) is 2. The molecule has 30 heavy (non-hydrogen) atoms. The monoisotopic (exact) mass is 414 g/mol. The smallest absolute Gasteiger partial charge is 0.337 e. The number of nitrogens with two attached hydrogens (primary N) is 1. The van der Waals surface area contributed by atoms with Crippen LogP contribution >= 0.6 is 0 Å². The van der Waals surface area contributed by atoms with Crippen molar-refractivity contribution in [2.75, 3.05) is 36.4 Å². The highest BCUT2D eigenvalue weighted by molar-refractivity contribution is 6.02. The molecule has 1 aromatic rings. The summed E-state index contributed by atoms with van der Waals surface area (Å²) < 4.78 is 0. The summed E-state index contributed by atoms with van der Waals surface area (Å²) in [5.74, 6) is -1.44. The van der Waals surface area contributed by atoms with Crippen molar-refractivity contribution in [2.24, 2.45) is 11.7 Å². The largest absolute Gasteiger partial charge is 0.478 e. The van der Waals surface area contributed by atoms with Crippen molar-refractivity contribution in [3.63, 3.8) is 0 Å². The second-order valence-corrected chi connectivity index (χ2v) is 8.73. The van der Waals surface area contributed by atoms with Gasteiger partial charge in [0, 0.05) is 24.7 Å². The molecular weight excluding hydrogens is 384 g/mol. The van der Waals surface area contributed by atoms with Crippen LogP contribution in [0.1, 0.15) is 55.3 Å². The van der Waals surface area contributed by atoms with E-state index in [4.69, 9.17) is 5.73 Å². The molecule has 2 heterocycles. The fraction of sp³-hybridized carbons (Fsp3) is 0.591. The quantitative estimate of drug-likeness (QED) is 0.656. The fourth-order valence-corrected chi connectivity index (χ4v) is 4.77. The first-order chi connectivity index (χ1) is 14.4. The average molecular weight is 415 g/mol. The fourth-order valence-electron chi connectivity index (χ4n) is 4.77. The van der Waals surface area contributed by atoms with Crippen LogP contribution in [0, 0.1) is 5.92 Å². The molecule has 3 fully saturated rings. The molecule has 0 radical (unpaired) electrons. The number of rotatable bonds is 6. The molecule has 0 spiro atoms. The number of carbonyl (C=O) groups excluding carboxylic acids is 2.